The molecule has 32 heavy (non-hydrogen) atoms. The molecule has 1 aromatic carbocycles. The second-order valence-electron chi connectivity index (χ2n) is 9.16. The van der Waals surface area contributed by atoms with Crippen molar-refractivity contribution < 1.29 is 18.7 Å². The van der Waals surface area contributed by atoms with Gasteiger partial charge in [-0.2, -0.15) is 0 Å². The number of anilines is 1. The molecule has 0 saturated heterocycles. The molecule has 2 heterocycles. The molecule has 1 aliphatic carbocycles. The smallest absolute Gasteiger partial charge is 0.341 e. The number of carbonyl (C=O) groups is 2. The van der Waals surface area contributed by atoms with Crippen molar-refractivity contribution in [2.45, 2.75) is 47.0 Å². The molecule has 3 aromatic rings. The number of thiophene rings is 1. The molecular weight excluding hydrogens is 426 g/mol. The number of nitrogens with one attached hydrogen (secondary N) is 1. The van der Waals surface area contributed by atoms with Gasteiger partial charge in [0.15, 0.2) is 0 Å². The number of benzene rings is 1. The van der Waals surface area contributed by atoms with Crippen LogP contribution in [0.25, 0.3) is 11.0 Å². The number of hydrogen-bond acceptors (Lipinski definition) is 6. The first-order valence-electron chi connectivity index (χ1n) is 10.8. The number of ether oxygens (including phenoxy) is 1. The predicted molar refractivity (Wildman–Crippen MR) is 126 cm³/mol. The van der Waals surface area contributed by atoms with E-state index in [-0.39, 0.29) is 17.6 Å². The first kappa shape index (κ1) is 22.3. The second-order valence-corrected chi connectivity index (χ2v) is 10.3. The highest BCUT2D eigenvalue weighted by Crippen LogP contribution is 2.44. The van der Waals surface area contributed by atoms with Gasteiger partial charge in [0, 0.05) is 4.88 Å². The monoisotopic (exact) mass is 453 g/mol. The second kappa shape index (κ2) is 8.54. The quantitative estimate of drug-likeness (QED) is 0.532. The minimum absolute atomic E-state index is 0.0996. The van der Waals surface area contributed by atoms with Crippen molar-refractivity contribution in [1.82, 2.24) is 0 Å². The van der Waals surface area contributed by atoms with E-state index in [1.54, 1.807) is 31.2 Å². The van der Waals surface area contributed by atoms with Gasteiger partial charge in [-0.3, -0.25) is 9.59 Å². The summed E-state index contributed by atoms with van der Waals surface area (Å²) in [6, 6.07) is 6.78. The maximum atomic E-state index is 13.0. The molecule has 1 aliphatic rings. The van der Waals surface area contributed by atoms with Crippen LogP contribution in [-0.4, -0.2) is 18.5 Å². The molecular formula is C25H27NO5S. The maximum absolute atomic E-state index is 13.0. The van der Waals surface area contributed by atoms with Crippen LogP contribution in [0.1, 0.15) is 65.3 Å². The Morgan fingerprint density at radius 1 is 1.25 bits per heavy atom. The topological polar surface area (TPSA) is 85.6 Å². The summed E-state index contributed by atoms with van der Waals surface area (Å²) in [5.41, 5.74) is 1.43. The van der Waals surface area contributed by atoms with Crippen molar-refractivity contribution in [3.63, 3.8) is 0 Å². The summed E-state index contributed by atoms with van der Waals surface area (Å²) >= 11 is 1.40. The van der Waals surface area contributed by atoms with Gasteiger partial charge in [-0.15, -0.1) is 11.3 Å². The van der Waals surface area contributed by atoms with Crippen LogP contribution in [0.5, 0.6) is 0 Å². The minimum atomic E-state index is -0.596. The Bertz CT molecular complexity index is 1250. The van der Waals surface area contributed by atoms with Crippen LogP contribution in [0.3, 0.4) is 0 Å². The summed E-state index contributed by atoms with van der Waals surface area (Å²) in [4.78, 5) is 39.7. The average Bonchev–Trinajstić information content (AvgIpc) is 3.10. The van der Waals surface area contributed by atoms with Gasteiger partial charge in [-0.1, -0.05) is 32.9 Å². The van der Waals surface area contributed by atoms with Crippen molar-refractivity contribution in [3.8, 4) is 0 Å². The number of rotatable bonds is 4. The lowest BCUT2D eigenvalue weighted by molar-refractivity contribution is 0.0526. The van der Waals surface area contributed by atoms with Gasteiger partial charge in [0.2, 0.25) is 5.43 Å². The predicted octanol–water partition coefficient (Wildman–Crippen LogP) is 5.43. The number of carbonyl (C=O) groups excluding carboxylic acids is 2. The number of amides is 1. The summed E-state index contributed by atoms with van der Waals surface area (Å²) in [7, 11) is 0. The first-order valence-corrected chi connectivity index (χ1v) is 11.7. The molecule has 0 aliphatic heterocycles. The third-order valence-electron chi connectivity index (χ3n) is 6.12. The summed E-state index contributed by atoms with van der Waals surface area (Å²) in [5.74, 6) is -0.555. The highest BCUT2D eigenvalue weighted by atomic mass is 32.1. The Hall–Kier alpha value is -2.93. The Morgan fingerprint density at radius 3 is 2.72 bits per heavy atom. The Labute approximate surface area is 190 Å². The lowest BCUT2D eigenvalue weighted by Crippen LogP contribution is -2.26. The zero-order chi connectivity index (χ0) is 23.0. The number of para-hydroxylation sites is 1. The molecule has 1 amide bonds. The Kier molecular flexibility index (Phi) is 5.95. The third-order valence-corrected chi connectivity index (χ3v) is 7.29. The number of esters is 1. The van der Waals surface area contributed by atoms with E-state index in [9.17, 15) is 14.4 Å². The fourth-order valence-corrected chi connectivity index (χ4v) is 5.55. The maximum Gasteiger partial charge on any atom is 0.341 e. The SMILES string of the molecule is CCOC(=O)c1c(NC(=O)c2coc3ccccc3c2=O)sc2c1CCC(C(C)(C)C)C2. The standard InChI is InChI=1S/C25H27NO5S/c1-5-30-24(29)20-16-11-10-14(25(2,3)4)12-19(16)32-23(20)26-22(28)17-13-31-18-9-7-6-8-15(18)21(17)27/h6-9,13-14H,5,10-12H2,1-4H3,(H,26,28). The fourth-order valence-electron chi connectivity index (χ4n) is 4.24. The fraction of sp³-hybridized carbons (Fsp3) is 0.400. The van der Waals surface area contributed by atoms with Gasteiger partial charge >= 0.3 is 5.97 Å². The molecule has 168 valence electrons. The molecule has 4 rings (SSSR count). The van der Waals surface area contributed by atoms with Gasteiger partial charge in [0.25, 0.3) is 5.91 Å². The van der Waals surface area contributed by atoms with Crippen LogP contribution in [0, 0.1) is 11.3 Å². The molecule has 2 aromatic heterocycles. The van der Waals surface area contributed by atoms with E-state index >= 15 is 0 Å². The lowest BCUT2D eigenvalue weighted by atomic mass is 9.72. The minimum Gasteiger partial charge on any atom is -0.463 e. The molecule has 0 bridgehead atoms. The molecule has 0 spiro atoms. The third kappa shape index (κ3) is 4.09. The molecule has 1 unspecified atom stereocenters. The molecule has 1 N–H and O–H groups in total. The molecule has 7 heteroatoms. The van der Waals surface area contributed by atoms with E-state index in [1.807, 2.05) is 0 Å². The molecule has 0 radical (unpaired) electrons. The summed E-state index contributed by atoms with van der Waals surface area (Å²) < 4.78 is 10.8. The number of fused-ring (bicyclic) bond motifs is 2. The largest absolute Gasteiger partial charge is 0.463 e. The summed E-state index contributed by atoms with van der Waals surface area (Å²) in [6.45, 7) is 8.68. The molecule has 1 atom stereocenters. The van der Waals surface area contributed by atoms with Gasteiger partial charge in [0.1, 0.15) is 22.4 Å². The van der Waals surface area contributed by atoms with Gasteiger partial charge in [-0.05, 0) is 55.2 Å². The molecule has 0 fully saturated rings. The first-order chi connectivity index (χ1) is 15.2. The molecule has 0 saturated carbocycles. The van der Waals surface area contributed by atoms with Crippen molar-refractivity contribution in [1.29, 1.82) is 0 Å². The van der Waals surface area contributed by atoms with Crippen LogP contribution in [0.15, 0.2) is 39.7 Å². The highest BCUT2D eigenvalue weighted by molar-refractivity contribution is 7.17. The van der Waals surface area contributed by atoms with Gasteiger partial charge < -0.3 is 14.5 Å². The van der Waals surface area contributed by atoms with Gasteiger partial charge in [0.05, 0.1) is 17.6 Å². The van der Waals surface area contributed by atoms with Crippen LogP contribution in [0.2, 0.25) is 0 Å². The van der Waals surface area contributed by atoms with E-state index in [0.717, 1.165) is 29.7 Å². The summed E-state index contributed by atoms with van der Waals surface area (Å²) in [5, 5.41) is 3.57. The van der Waals surface area contributed by atoms with E-state index in [1.165, 1.54) is 17.6 Å². The van der Waals surface area contributed by atoms with Gasteiger partial charge in [-0.25, -0.2) is 4.79 Å². The van der Waals surface area contributed by atoms with Crippen LogP contribution in [-0.2, 0) is 17.6 Å². The van der Waals surface area contributed by atoms with Crippen molar-refractivity contribution >= 4 is 39.2 Å². The summed E-state index contributed by atoms with van der Waals surface area (Å²) in [6.07, 6.45) is 3.76. The van der Waals surface area contributed by atoms with Crippen LogP contribution in [0.4, 0.5) is 5.00 Å². The van der Waals surface area contributed by atoms with E-state index in [4.69, 9.17) is 9.15 Å². The van der Waals surface area contributed by atoms with E-state index < -0.39 is 17.3 Å². The average molecular weight is 454 g/mol. The Balaban J connectivity index is 1.71. The van der Waals surface area contributed by atoms with Crippen molar-refractivity contribution in [2.75, 3.05) is 11.9 Å². The zero-order valence-corrected chi connectivity index (χ0v) is 19.6. The van der Waals surface area contributed by atoms with E-state index in [2.05, 4.69) is 26.1 Å². The lowest BCUT2D eigenvalue weighted by Gasteiger charge is -2.33. The normalized spacial score (nSPS) is 15.9. The Morgan fingerprint density at radius 2 is 2.00 bits per heavy atom. The highest BCUT2D eigenvalue weighted by Gasteiger charge is 2.34. The molecule has 6 nitrogen and oxygen atoms in total. The van der Waals surface area contributed by atoms with Crippen LogP contribution < -0.4 is 10.7 Å². The zero-order valence-electron chi connectivity index (χ0n) is 18.7. The van der Waals surface area contributed by atoms with Crippen molar-refractivity contribution in [3.05, 3.63) is 62.3 Å². The van der Waals surface area contributed by atoms with Crippen molar-refractivity contribution in [2.24, 2.45) is 11.3 Å². The van der Waals surface area contributed by atoms with E-state index in [0.29, 0.717) is 27.5 Å². The van der Waals surface area contributed by atoms with Crippen LogP contribution >= 0.6 is 11.3 Å². The number of hydrogen-bond donors (Lipinski definition) is 1.